The maximum atomic E-state index is 12.8. The maximum Gasteiger partial charge on any atom is 0.307 e. The summed E-state index contributed by atoms with van der Waals surface area (Å²) in [5.41, 5.74) is 0.413. The molecule has 1 fully saturated rings. The highest BCUT2D eigenvalue weighted by Gasteiger charge is 2.50. The first kappa shape index (κ1) is 15.0. The third-order valence-electron chi connectivity index (χ3n) is 3.99. The second-order valence-electron chi connectivity index (χ2n) is 7.85. The Kier molecular flexibility index (Phi) is 3.23. The zero-order valence-corrected chi connectivity index (χ0v) is 13.3. The van der Waals surface area contributed by atoms with Gasteiger partial charge in [0.15, 0.2) is 5.60 Å². The van der Waals surface area contributed by atoms with Gasteiger partial charge in [-0.2, -0.15) is 0 Å². The average molecular weight is 276 g/mol. The predicted molar refractivity (Wildman–Crippen MR) is 78.1 cm³/mol. The quantitative estimate of drug-likeness (QED) is 0.635. The number of carbonyl (C=O) groups excluding carboxylic acids is 2. The highest BCUT2D eigenvalue weighted by Crippen LogP contribution is 2.44. The first-order valence-electron chi connectivity index (χ1n) is 7.18. The van der Waals surface area contributed by atoms with Crippen LogP contribution in [0.3, 0.4) is 0 Å². The van der Waals surface area contributed by atoms with Crippen LogP contribution in [0.4, 0.5) is 0 Å². The van der Waals surface area contributed by atoms with E-state index in [1.54, 1.807) is 0 Å². The summed E-state index contributed by atoms with van der Waals surface area (Å²) in [4.78, 5) is 24.4. The lowest BCUT2D eigenvalue weighted by Gasteiger charge is -2.36. The largest absolute Gasteiger partial charge is 0.446 e. The Hall–Kier alpha value is -1.38. The number of esters is 1. The van der Waals surface area contributed by atoms with Gasteiger partial charge in [-0.25, -0.2) is 0 Å². The minimum atomic E-state index is -1.06. The van der Waals surface area contributed by atoms with Crippen LogP contribution in [0.1, 0.15) is 54.4 Å². The molecule has 3 heteroatoms. The van der Waals surface area contributed by atoms with Crippen LogP contribution in [-0.4, -0.2) is 17.4 Å². The van der Waals surface area contributed by atoms with Gasteiger partial charge in [0, 0.05) is 12.0 Å². The molecule has 3 nitrogen and oxygen atoms in total. The molecule has 0 radical (unpaired) electrons. The molecular weight excluding hydrogens is 252 g/mol. The number of hydrogen-bond donors (Lipinski definition) is 0. The highest BCUT2D eigenvalue weighted by molar-refractivity contribution is 6.08. The predicted octanol–water partition coefficient (Wildman–Crippen LogP) is 3.59. The minimum absolute atomic E-state index is 0.0520. The van der Waals surface area contributed by atoms with Crippen molar-refractivity contribution in [2.45, 2.75) is 60.0 Å². The van der Waals surface area contributed by atoms with E-state index in [0.29, 0.717) is 12.8 Å². The van der Waals surface area contributed by atoms with E-state index >= 15 is 0 Å². The third kappa shape index (κ3) is 2.46. The van der Waals surface area contributed by atoms with Gasteiger partial charge < -0.3 is 4.74 Å². The van der Waals surface area contributed by atoms with Crippen molar-refractivity contribution in [1.29, 1.82) is 0 Å². The van der Waals surface area contributed by atoms with Crippen molar-refractivity contribution >= 4 is 11.8 Å². The van der Waals surface area contributed by atoms with E-state index in [9.17, 15) is 9.59 Å². The van der Waals surface area contributed by atoms with Crippen LogP contribution in [-0.2, 0) is 14.3 Å². The fourth-order valence-corrected chi connectivity index (χ4v) is 2.65. The fraction of sp³-hybridized carbons (Fsp3) is 0.647. The van der Waals surface area contributed by atoms with Gasteiger partial charge in [-0.3, -0.25) is 9.59 Å². The van der Waals surface area contributed by atoms with E-state index in [0.717, 1.165) is 11.1 Å². The van der Waals surface area contributed by atoms with Crippen molar-refractivity contribution in [3.05, 3.63) is 23.3 Å². The van der Waals surface area contributed by atoms with Crippen molar-refractivity contribution in [2.75, 3.05) is 0 Å². The standard InChI is InChI=1S/C17H24O3/c1-15(2,3)11-9-12(16(4,5)6)14(19)17(10-11)8-7-13(18)20-17/h9-10H,7-8H2,1-6H3/t17-/m0/s1. The van der Waals surface area contributed by atoms with Crippen LogP contribution in [0.5, 0.6) is 0 Å². The molecule has 0 aromatic carbocycles. The zero-order valence-electron chi connectivity index (χ0n) is 13.3. The molecule has 0 amide bonds. The first-order chi connectivity index (χ1) is 8.96. The van der Waals surface area contributed by atoms with Crippen molar-refractivity contribution < 1.29 is 14.3 Å². The molecule has 0 saturated carbocycles. The smallest absolute Gasteiger partial charge is 0.307 e. The molecule has 20 heavy (non-hydrogen) atoms. The van der Waals surface area contributed by atoms with Crippen LogP contribution < -0.4 is 0 Å². The molecular formula is C17H24O3. The van der Waals surface area contributed by atoms with E-state index in [1.807, 2.05) is 32.9 Å². The van der Waals surface area contributed by atoms with Crippen molar-refractivity contribution in [3.63, 3.8) is 0 Å². The number of carbonyl (C=O) groups is 2. The van der Waals surface area contributed by atoms with Gasteiger partial charge in [0.25, 0.3) is 0 Å². The minimum Gasteiger partial charge on any atom is -0.446 e. The van der Waals surface area contributed by atoms with Crippen LogP contribution in [0.25, 0.3) is 0 Å². The summed E-state index contributed by atoms with van der Waals surface area (Å²) < 4.78 is 5.45. The lowest BCUT2D eigenvalue weighted by Crippen LogP contribution is -2.43. The number of ketones is 1. The second kappa shape index (κ2) is 4.31. The van der Waals surface area contributed by atoms with Crippen molar-refractivity contribution in [3.8, 4) is 0 Å². The maximum absolute atomic E-state index is 12.8. The SMILES string of the molecule is CC(C)(C)C1=C[C@@]2(CCC(=O)O2)C(=O)C(C(C)(C)C)=C1. The normalized spacial score (nSPS) is 27.5. The van der Waals surface area contributed by atoms with Crippen LogP contribution in [0.15, 0.2) is 23.3 Å². The Bertz CT molecular complexity index is 523. The molecule has 0 N–H and O–H groups in total. The molecule has 1 saturated heterocycles. The molecule has 2 rings (SSSR count). The number of Topliss-reactive ketones (excluding diaryl/α,β-unsaturated/α-hetero) is 1. The molecule has 1 atom stereocenters. The third-order valence-corrected chi connectivity index (χ3v) is 3.99. The van der Waals surface area contributed by atoms with Crippen molar-refractivity contribution in [1.82, 2.24) is 0 Å². The molecule has 0 aromatic rings. The molecule has 1 spiro atoms. The molecule has 1 aliphatic heterocycles. The molecule has 1 aliphatic carbocycles. The van der Waals surface area contributed by atoms with E-state index in [-0.39, 0.29) is 22.6 Å². The molecule has 1 heterocycles. The van der Waals surface area contributed by atoms with E-state index in [1.165, 1.54) is 0 Å². The molecule has 0 unspecified atom stereocenters. The number of allylic oxidation sites excluding steroid dienone is 2. The van der Waals surface area contributed by atoms with E-state index < -0.39 is 5.60 Å². The summed E-state index contributed by atoms with van der Waals surface area (Å²) in [6.07, 6.45) is 4.63. The van der Waals surface area contributed by atoms with Gasteiger partial charge in [-0.1, -0.05) is 47.6 Å². The van der Waals surface area contributed by atoms with Crippen LogP contribution in [0, 0.1) is 10.8 Å². The monoisotopic (exact) mass is 276 g/mol. The fourth-order valence-electron chi connectivity index (χ4n) is 2.65. The van der Waals surface area contributed by atoms with Gasteiger partial charge >= 0.3 is 5.97 Å². The van der Waals surface area contributed by atoms with Gasteiger partial charge in [0.1, 0.15) is 0 Å². The number of ether oxygens (including phenoxy) is 1. The Morgan fingerprint density at radius 3 is 2.05 bits per heavy atom. The highest BCUT2D eigenvalue weighted by atomic mass is 16.6. The Labute approximate surface area is 121 Å². The molecule has 110 valence electrons. The van der Waals surface area contributed by atoms with Crippen molar-refractivity contribution in [2.24, 2.45) is 10.8 Å². The van der Waals surface area contributed by atoms with E-state index in [4.69, 9.17) is 4.74 Å². The Morgan fingerprint density at radius 2 is 1.65 bits per heavy atom. The average Bonchev–Trinajstić information content (AvgIpc) is 2.62. The molecule has 0 aromatic heterocycles. The Balaban J connectivity index is 2.58. The second-order valence-corrected chi connectivity index (χ2v) is 7.85. The van der Waals surface area contributed by atoms with Gasteiger partial charge in [0.2, 0.25) is 5.78 Å². The lowest BCUT2D eigenvalue weighted by atomic mass is 9.69. The zero-order chi connectivity index (χ0) is 15.3. The summed E-state index contributed by atoms with van der Waals surface area (Å²) in [6.45, 7) is 12.4. The van der Waals surface area contributed by atoms with Crippen LogP contribution in [0.2, 0.25) is 0 Å². The summed E-state index contributed by atoms with van der Waals surface area (Å²) in [6, 6.07) is 0. The summed E-state index contributed by atoms with van der Waals surface area (Å²) >= 11 is 0. The molecule has 0 bridgehead atoms. The summed E-state index contributed by atoms with van der Waals surface area (Å²) in [5.74, 6) is -0.332. The summed E-state index contributed by atoms with van der Waals surface area (Å²) in [5, 5.41) is 0. The van der Waals surface area contributed by atoms with E-state index in [2.05, 4.69) is 20.8 Å². The van der Waals surface area contributed by atoms with Gasteiger partial charge in [0.05, 0.1) is 6.42 Å². The lowest BCUT2D eigenvalue weighted by molar-refractivity contribution is -0.152. The Morgan fingerprint density at radius 1 is 1.05 bits per heavy atom. The molecule has 2 aliphatic rings. The summed E-state index contributed by atoms with van der Waals surface area (Å²) in [7, 11) is 0. The number of hydrogen-bond acceptors (Lipinski definition) is 3. The first-order valence-corrected chi connectivity index (χ1v) is 7.18. The van der Waals surface area contributed by atoms with Crippen LogP contribution >= 0.6 is 0 Å². The topological polar surface area (TPSA) is 43.4 Å². The van der Waals surface area contributed by atoms with Gasteiger partial charge in [-0.05, 0) is 22.5 Å². The van der Waals surface area contributed by atoms with Gasteiger partial charge in [-0.15, -0.1) is 0 Å². The number of rotatable bonds is 0.